The van der Waals surface area contributed by atoms with Crippen LogP contribution in [0, 0.1) is 0 Å². The first-order valence-electron chi connectivity index (χ1n) is 24.3. The summed E-state index contributed by atoms with van der Waals surface area (Å²) in [6.45, 7) is 15.7. The van der Waals surface area contributed by atoms with Crippen molar-refractivity contribution in [3.05, 3.63) is 0 Å². The van der Waals surface area contributed by atoms with E-state index in [-0.39, 0.29) is 0 Å². The second kappa shape index (κ2) is 40.5. The number of ether oxygens (including phenoxy) is 7. The van der Waals surface area contributed by atoms with E-state index in [0.717, 1.165) is 77.0 Å². The molecule has 0 aliphatic heterocycles. The highest BCUT2D eigenvalue weighted by molar-refractivity contribution is 4.82. The molecule has 2 atom stereocenters. The fourth-order valence-corrected chi connectivity index (χ4v) is 7.30. The maximum atomic E-state index is 6.96. The van der Waals surface area contributed by atoms with Crippen molar-refractivity contribution in [2.45, 2.75) is 271 Å². The third kappa shape index (κ3) is 27.9. The molecule has 0 radical (unpaired) electrons. The van der Waals surface area contributed by atoms with Gasteiger partial charge in [-0.05, 0) is 38.5 Å². The predicted octanol–water partition coefficient (Wildman–Crippen LogP) is 15.0. The molecule has 0 amide bonds. The molecule has 0 bridgehead atoms. The summed E-state index contributed by atoms with van der Waals surface area (Å²) >= 11 is 0. The number of rotatable bonds is 46. The molecule has 2 unspecified atom stereocenters. The quantitative estimate of drug-likeness (QED) is 0.0450. The lowest BCUT2D eigenvalue weighted by atomic mass is 10.0. The third-order valence-electron chi connectivity index (χ3n) is 11.0. The molecular weight excluding hydrogens is 689 g/mol. The van der Waals surface area contributed by atoms with Crippen molar-refractivity contribution in [3.63, 3.8) is 0 Å². The second-order valence-electron chi connectivity index (χ2n) is 16.3. The minimum absolute atomic E-state index is 0.589. The fraction of sp³-hybridized carbons (Fsp3) is 1.00. The van der Waals surface area contributed by atoms with Crippen molar-refractivity contribution in [1.82, 2.24) is 0 Å². The lowest BCUT2D eigenvalue weighted by Crippen LogP contribution is -2.57. The summed E-state index contributed by atoms with van der Waals surface area (Å²) in [7, 11) is 3.42. The van der Waals surface area contributed by atoms with E-state index in [4.69, 9.17) is 33.2 Å². The van der Waals surface area contributed by atoms with Crippen LogP contribution < -0.4 is 0 Å². The lowest BCUT2D eigenvalue weighted by Gasteiger charge is -2.44. The highest BCUT2D eigenvalue weighted by atomic mass is 16.8. The summed E-state index contributed by atoms with van der Waals surface area (Å²) in [6, 6.07) is 0. The van der Waals surface area contributed by atoms with E-state index in [9.17, 15) is 0 Å². The average molecular weight is 787 g/mol. The minimum atomic E-state index is -1.05. The molecule has 55 heavy (non-hydrogen) atoms. The molecule has 0 aliphatic rings. The zero-order valence-corrected chi connectivity index (χ0v) is 38.5. The topological polar surface area (TPSA) is 64.6 Å². The van der Waals surface area contributed by atoms with Gasteiger partial charge in [0.1, 0.15) is 0 Å². The number of unbranched alkanes of at least 4 members (excludes halogenated alkanes) is 24. The van der Waals surface area contributed by atoms with Crippen LogP contribution in [0.4, 0.5) is 0 Å². The highest BCUT2D eigenvalue weighted by Gasteiger charge is 2.49. The zero-order valence-electron chi connectivity index (χ0n) is 38.5. The first-order valence-corrected chi connectivity index (χ1v) is 24.3. The van der Waals surface area contributed by atoms with Gasteiger partial charge >= 0.3 is 0 Å². The van der Waals surface area contributed by atoms with E-state index in [0.29, 0.717) is 39.3 Å². The number of hydrogen-bond acceptors (Lipinski definition) is 7. The summed E-state index contributed by atoms with van der Waals surface area (Å²) in [4.78, 5) is 0. The average Bonchev–Trinajstić information content (AvgIpc) is 3.19. The van der Waals surface area contributed by atoms with Crippen LogP contribution >= 0.6 is 0 Å². The van der Waals surface area contributed by atoms with Crippen molar-refractivity contribution in [2.75, 3.05) is 40.6 Å². The first-order chi connectivity index (χ1) is 27.0. The monoisotopic (exact) mass is 787 g/mol. The molecule has 0 fully saturated rings. The van der Waals surface area contributed by atoms with Crippen molar-refractivity contribution in [2.24, 2.45) is 0 Å². The molecule has 7 nitrogen and oxygen atoms in total. The first kappa shape index (κ1) is 54.7. The Kier molecular flexibility index (Phi) is 40.3. The molecule has 0 rings (SSSR count). The molecule has 332 valence electrons. The Balaban J connectivity index is 5.99. The molecule has 0 N–H and O–H groups in total. The second-order valence-corrected chi connectivity index (χ2v) is 16.3. The summed E-state index contributed by atoms with van der Waals surface area (Å²) < 4.78 is 46.6. The van der Waals surface area contributed by atoms with Crippen LogP contribution in [0.5, 0.6) is 0 Å². The molecule has 0 heterocycles. The smallest absolute Gasteiger partial charge is 0.220 e. The van der Waals surface area contributed by atoms with E-state index in [1.165, 1.54) is 116 Å². The summed E-state index contributed by atoms with van der Waals surface area (Å²) in [5.41, 5.74) is 0. The van der Waals surface area contributed by atoms with Crippen LogP contribution in [0.15, 0.2) is 0 Å². The van der Waals surface area contributed by atoms with Crippen molar-refractivity contribution in [3.8, 4) is 0 Å². The van der Waals surface area contributed by atoms with Gasteiger partial charge in [-0.1, -0.05) is 196 Å². The lowest BCUT2D eigenvalue weighted by molar-refractivity contribution is -0.420. The van der Waals surface area contributed by atoms with Gasteiger partial charge in [-0.3, -0.25) is 0 Å². The Morgan fingerprint density at radius 1 is 0.291 bits per heavy atom. The maximum Gasteiger partial charge on any atom is 0.220 e. The Bertz CT molecular complexity index is 670. The molecule has 0 aromatic rings. The molecule has 0 spiro atoms. The van der Waals surface area contributed by atoms with Gasteiger partial charge in [0, 0.05) is 27.1 Å². The standard InChI is InChI=1S/C48H98O7/c1-9-15-21-23-25-27-29-31-33-35-37-39-47(51-41-17-11-3,52-42-18-12-4)45(49-7)55-46(50-8)48(53-43-19-13-5,54-44-20-14-6)40-38-36-34-32-30-28-26-24-22-16-10-2/h45-46H,9-44H2,1-8H3. The molecule has 7 heteroatoms. The van der Waals surface area contributed by atoms with Crippen LogP contribution in [-0.2, 0) is 33.2 Å². The minimum Gasteiger partial charge on any atom is -0.351 e. The summed E-state index contributed by atoms with van der Waals surface area (Å²) in [6.07, 6.45) is 36.0. The molecule has 0 aromatic heterocycles. The molecule has 0 aliphatic carbocycles. The van der Waals surface area contributed by atoms with Crippen LogP contribution in [0.3, 0.4) is 0 Å². The van der Waals surface area contributed by atoms with Crippen LogP contribution in [0.2, 0.25) is 0 Å². The molecule has 0 aromatic carbocycles. The van der Waals surface area contributed by atoms with E-state index in [2.05, 4.69) is 41.5 Å². The van der Waals surface area contributed by atoms with Gasteiger partial charge in [-0.2, -0.15) is 0 Å². The van der Waals surface area contributed by atoms with Gasteiger partial charge < -0.3 is 33.2 Å². The van der Waals surface area contributed by atoms with Crippen LogP contribution in [-0.4, -0.2) is 64.8 Å². The highest BCUT2D eigenvalue weighted by Crippen LogP contribution is 2.36. The maximum absolute atomic E-state index is 6.96. The van der Waals surface area contributed by atoms with E-state index in [1.54, 1.807) is 14.2 Å². The van der Waals surface area contributed by atoms with Crippen molar-refractivity contribution < 1.29 is 33.2 Å². The Morgan fingerprint density at radius 2 is 0.509 bits per heavy atom. The number of methoxy groups -OCH3 is 2. The van der Waals surface area contributed by atoms with Gasteiger partial charge in [0.15, 0.2) is 0 Å². The van der Waals surface area contributed by atoms with Crippen molar-refractivity contribution in [1.29, 1.82) is 0 Å². The van der Waals surface area contributed by atoms with Gasteiger partial charge in [-0.25, -0.2) is 0 Å². The fourth-order valence-electron chi connectivity index (χ4n) is 7.30. The molecule has 0 saturated carbocycles. The predicted molar refractivity (Wildman–Crippen MR) is 234 cm³/mol. The third-order valence-corrected chi connectivity index (χ3v) is 11.0. The van der Waals surface area contributed by atoms with Gasteiger partial charge in [0.25, 0.3) is 0 Å². The Morgan fingerprint density at radius 3 is 0.727 bits per heavy atom. The number of hydrogen-bond donors (Lipinski definition) is 0. The zero-order chi connectivity index (χ0) is 40.6. The SMILES string of the molecule is CCCCCCCCCCCCCC(OCCCC)(OCCCC)C(OC)OC(OC)C(CCCCCCCCCCCCC)(OCCCC)OCCCC. The van der Waals surface area contributed by atoms with Crippen LogP contribution in [0.25, 0.3) is 0 Å². The molecular formula is C48H98O7. The van der Waals surface area contributed by atoms with E-state index >= 15 is 0 Å². The largest absolute Gasteiger partial charge is 0.351 e. The summed E-state index contributed by atoms with van der Waals surface area (Å²) in [5.74, 6) is -2.10. The van der Waals surface area contributed by atoms with E-state index < -0.39 is 24.2 Å². The Labute approximate surface area is 344 Å². The van der Waals surface area contributed by atoms with Gasteiger partial charge in [0.05, 0.1) is 26.4 Å². The normalized spacial score (nSPS) is 13.5. The molecule has 0 saturated heterocycles. The van der Waals surface area contributed by atoms with Gasteiger partial charge in [0.2, 0.25) is 24.2 Å². The summed E-state index contributed by atoms with van der Waals surface area (Å²) in [5, 5.41) is 0. The van der Waals surface area contributed by atoms with Crippen LogP contribution in [0.1, 0.15) is 247 Å². The van der Waals surface area contributed by atoms with Gasteiger partial charge in [-0.15, -0.1) is 0 Å². The Hall–Kier alpha value is -0.280. The van der Waals surface area contributed by atoms with E-state index in [1.807, 2.05) is 0 Å². The van der Waals surface area contributed by atoms with Crippen molar-refractivity contribution >= 4 is 0 Å².